The van der Waals surface area contributed by atoms with Gasteiger partial charge in [-0.05, 0) is 25.1 Å². The first-order valence-corrected chi connectivity index (χ1v) is 5.99. The second-order valence-corrected chi connectivity index (χ2v) is 4.19. The minimum atomic E-state index is 0.477. The van der Waals surface area contributed by atoms with E-state index in [0.717, 1.165) is 25.2 Å². The number of hydrogen-bond acceptors (Lipinski definition) is 6. The zero-order valence-corrected chi connectivity index (χ0v) is 9.87. The molecule has 92 valence electrons. The Morgan fingerprint density at radius 1 is 1.11 bits per heavy atom. The highest BCUT2D eigenvalue weighted by atomic mass is 15.2. The lowest BCUT2D eigenvalue weighted by Crippen LogP contribution is -2.10. The topological polar surface area (TPSA) is 75.6 Å². The summed E-state index contributed by atoms with van der Waals surface area (Å²) in [6.07, 6.45) is 6.25. The minimum Gasteiger partial charge on any atom is -0.316 e. The van der Waals surface area contributed by atoms with E-state index in [4.69, 9.17) is 0 Å². The van der Waals surface area contributed by atoms with Crippen molar-refractivity contribution in [2.75, 3.05) is 18.4 Å². The third-order valence-electron chi connectivity index (χ3n) is 2.95. The molecular formula is C12H14N6. The maximum Gasteiger partial charge on any atom is 0.229 e. The largest absolute Gasteiger partial charge is 0.316 e. The van der Waals surface area contributed by atoms with E-state index in [1.54, 1.807) is 24.7 Å². The molecule has 1 aliphatic heterocycles. The van der Waals surface area contributed by atoms with Crippen molar-refractivity contribution in [1.82, 2.24) is 25.3 Å². The third kappa shape index (κ3) is 2.43. The van der Waals surface area contributed by atoms with Crippen molar-refractivity contribution in [3.8, 4) is 0 Å². The van der Waals surface area contributed by atoms with Crippen LogP contribution in [0.2, 0.25) is 0 Å². The standard InChI is InChI=1S/C12H14N6/c1-4-14-11(15-5-1)18-12-16-7-3-10(17-12)9-2-6-13-8-9/h1,3-5,7,9,13H,2,6,8H2,(H,14,15,16,17,18)/t9-/m0/s1. The molecule has 1 atom stereocenters. The van der Waals surface area contributed by atoms with Gasteiger partial charge in [0.2, 0.25) is 11.9 Å². The van der Waals surface area contributed by atoms with E-state index < -0.39 is 0 Å². The van der Waals surface area contributed by atoms with Gasteiger partial charge in [0.1, 0.15) is 0 Å². The molecule has 6 heteroatoms. The molecule has 3 heterocycles. The number of nitrogens with zero attached hydrogens (tertiary/aromatic N) is 4. The van der Waals surface area contributed by atoms with Crippen LogP contribution in [0.3, 0.4) is 0 Å². The predicted molar refractivity (Wildman–Crippen MR) is 67.6 cm³/mol. The molecule has 0 amide bonds. The van der Waals surface area contributed by atoms with Crippen molar-refractivity contribution in [3.05, 3.63) is 36.4 Å². The molecule has 0 bridgehead atoms. The van der Waals surface area contributed by atoms with Crippen molar-refractivity contribution in [1.29, 1.82) is 0 Å². The van der Waals surface area contributed by atoms with E-state index in [9.17, 15) is 0 Å². The number of nitrogens with one attached hydrogen (secondary N) is 2. The van der Waals surface area contributed by atoms with Crippen LogP contribution in [0.4, 0.5) is 11.9 Å². The summed E-state index contributed by atoms with van der Waals surface area (Å²) in [4.78, 5) is 16.9. The summed E-state index contributed by atoms with van der Waals surface area (Å²) in [7, 11) is 0. The number of rotatable bonds is 3. The van der Waals surface area contributed by atoms with Gasteiger partial charge in [-0.1, -0.05) is 0 Å². The van der Waals surface area contributed by atoms with Gasteiger partial charge in [-0.15, -0.1) is 0 Å². The second kappa shape index (κ2) is 5.05. The fourth-order valence-corrected chi connectivity index (χ4v) is 2.03. The molecule has 0 unspecified atom stereocenters. The Morgan fingerprint density at radius 2 is 1.94 bits per heavy atom. The van der Waals surface area contributed by atoms with Gasteiger partial charge in [-0.3, -0.25) is 5.32 Å². The van der Waals surface area contributed by atoms with E-state index in [0.29, 0.717) is 17.8 Å². The van der Waals surface area contributed by atoms with Crippen LogP contribution in [0, 0.1) is 0 Å². The highest BCUT2D eigenvalue weighted by molar-refractivity contribution is 5.41. The lowest BCUT2D eigenvalue weighted by atomic mass is 10.1. The summed E-state index contributed by atoms with van der Waals surface area (Å²) in [5.41, 5.74) is 1.06. The Hall–Kier alpha value is -2.08. The molecule has 0 radical (unpaired) electrons. The van der Waals surface area contributed by atoms with Crippen molar-refractivity contribution < 1.29 is 0 Å². The van der Waals surface area contributed by atoms with Gasteiger partial charge < -0.3 is 5.32 Å². The average molecular weight is 242 g/mol. The van der Waals surface area contributed by atoms with Crippen LogP contribution in [-0.4, -0.2) is 33.0 Å². The molecular weight excluding hydrogens is 228 g/mol. The fourth-order valence-electron chi connectivity index (χ4n) is 2.03. The van der Waals surface area contributed by atoms with Gasteiger partial charge in [0, 0.05) is 31.1 Å². The fraction of sp³-hybridized carbons (Fsp3) is 0.333. The predicted octanol–water partition coefficient (Wildman–Crippen LogP) is 1.09. The molecule has 0 spiro atoms. The van der Waals surface area contributed by atoms with E-state index in [1.165, 1.54) is 0 Å². The van der Waals surface area contributed by atoms with Crippen molar-refractivity contribution in [2.24, 2.45) is 0 Å². The Morgan fingerprint density at radius 3 is 2.72 bits per heavy atom. The van der Waals surface area contributed by atoms with E-state index in [2.05, 4.69) is 30.6 Å². The number of hydrogen-bond donors (Lipinski definition) is 2. The lowest BCUT2D eigenvalue weighted by Gasteiger charge is -2.09. The van der Waals surface area contributed by atoms with Crippen LogP contribution in [0.15, 0.2) is 30.7 Å². The molecule has 1 aliphatic rings. The van der Waals surface area contributed by atoms with Crippen LogP contribution in [0.5, 0.6) is 0 Å². The van der Waals surface area contributed by atoms with Gasteiger partial charge in [-0.2, -0.15) is 0 Å². The molecule has 1 fully saturated rings. The van der Waals surface area contributed by atoms with Gasteiger partial charge in [0.25, 0.3) is 0 Å². The molecule has 1 saturated heterocycles. The maximum absolute atomic E-state index is 4.51. The second-order valence-electron chi connectivity index (χ2n) is 4.19. The van der Waals surface area contributed by atoms with Crippen LogP contribution >= 0.6 is 0 Å². The van der Waals surface area contributed by atoms with Crippen LogP contribution < -0.4 is 10.6 Å². The summed E-state index contributed by atoms with van der Waals surface area (Å²) in [6, 6.07) is 3.74. The first kappa shape index (κ1) is 11.0. The summed E-state index contributed by atoms with van der Waals surface area (Å²) in [5.74, 6) is 1.54. The Balaban J connectivity index is 1.78. The van der Waals surface area contributed by atoms with Gasteiger partial charge in [0.15, 0.2) is 0 Å². The molecule has 18 heavy (non-hydrogen) atoms. The average Bonchev–Trinajstić information content (AvgIpc) is 2.94. The van der Waals surface area contributed by atoms with Crippen LogP contribution in [0.1, 0.15) is 18.0 Å². The molecule has 0 saturated carbocycles. The summed E-state index contributed by atoms with van der Waals surface area (Å²) in [6.45, 7) is 2.04. The van der Waals surface area contributed by atoms with Crippen molar-refractivity contribution in [2.45, 2.75) is 12.3 Å². The van der Waals surface area contributed by atoms with Gasteiger partial charge >= 0.3 is 0 Å². The summed E-state index contributed by atoms with van der Waals surface area (Å²) >= 11 is 0. The van der Waals surface area contributed by atoms with E-state index >= 15 is 0 Å². The Labute approximate surface area is 105 Å². The molecule has 3 rings (SSSR count). The van der Waals surface area contributed by atoms with Gasteiger partial charge in [-0.25, -0.2) is 19.9 Å². The molecule has 2 N–H and O–H groups in total. The van der Waals surface area contributed by atoms with E-state index in [1.807, 2.05) is 6.07 Å². The minimum absolute atomic E-state index is 0.477. The Bertz CT molecular complexity index is 509. The summed E-state index contributed by atoms with van der Waals surface area (Å²) in [5, 5.41) is 6.34. The molecule has 6 nitrogen and oxygen atoms in total. The number of aromatic nitrogens is 4. The molecule has 0 aliphatic carbocycles. The van der Waals surface area contributed by atoms with Gasteiger partial charge in [0.05, 0.1) is 5.69 Å². The maximum atomic E-state index is 4.51. The quantitative estimate of drug-likeness (QED) is 0.839. The zero-order chi connectivity index (χ0) is 12.2. The smallest absolute Gasteiger partial charge is 0.229 e. The van der Waals surface area contributed by atoms with Crippen molar-refractivity contribution in [3.63, 3.8) is 0 Å². The molecule has 2 aromatic heterocycles. The normalized spacial score (nSPS) is 18.8. The number of anilines is 2. The van der Waals surface area contributed by atoms with Crippen LogP contribution in [0.25, 0.3) is 0 Å². The lowest BCUT2D eigenvalue weighted by molar-refractivity contribution is 0.732. The molecule has 0 aromatic carbocycles. The first-order chi connectivity index (χ1) is 8.92. The monoisotopic (exact) mass is 242 g/mol. The SMILES string of the molecule is c1cnc(Nc2nccc([C@H]3CCNC3)n2)nc1. The van der Waals surface area contributed by atoms with E-state index in [-0.39, 0.29) is 0 Å². The highest BCUT2D eigenvalue weighted by Gasteiger charge is 2.18. The molecule has 2 aromatic rings. The Kier molecular flexibility index (Phi) is 3.10. The zero-order valence-electron chi connectivity index (χ0n) is 9.87. The first-order valence-electron chi connectivity index (χ1n) is 5.99. The van der Waals surface area contributed by atoms with Crippen molar-refractivity contribution >= 4 is 11.9 Å². The third-order valence-corrected chi connectivity index (χ3v) is 2.95. The highest BCUT2D eigenvalue weighted by Crippen LogP contribution is 2.21. The van der Waals surface area contributed by atoms with Crippen LogP contribution in [-0.2, 0) is 0 Å². The summed E-state index contributed by atoms with van der Waals surface area (Å²) < 4.78 is 0.